The van der Waals surface area contributed by atoms with E-state index < -0.39 is 0 Å². The second-order valence-electron chi connectivity index (χ2n) is 7.17. The summed E-state index contributed by atoms with van der Waals surface area (Å²) in [5.41, 5.74) is 2.60. The highest BCUT2D eigenvalue weighted by molar-refractivity contribution is 7.99. The average molecular weight is 465 g/mol. The van der Waals surface area contributed by atoms with Gasteiger partial charge in [0, 0.05) is 13.1 Å². The van der Waals surface area contributed by atoms with Gasteiger partial charge in [0.2, 0.25) is 5.91 Å². The molecule has 4 aromatic rings. The van der Waals surface area contributed by atoms with Crippen molar-refractivity contribution in [1.29, 1.82) is 0 Å². The number of amides is 2. The van der Waals surface area contributed by atoms with Crippen molar-refractivity contribution in [2.24, 2.45) is 0 Å². The van der Waals surface area contributed by atoms with Gasteiger partial charge in [-0.25, -0.2) is 4.98 Å². The van der Waals surface area contributed by atoms with Crippen LogP contribution in [0, 0.1) is 0 Å². The molecule has 2 N–H and O–H groups in total. The normalized spacial score (nSPS) is 10.8. The maximum Gasteiger partial charge on any atom is 0.253 e. The number of aromatic nitrogens is 2. The highest BCUT2D eigenvalue weighted by Gasteiger charge is 2.19. The van der Waals surface area contributed by atoms with E-state index in [9.17, 15) is 9.59 Å². The standard InChI is InChI=1S/C24H24N4O4S/c1-3-31-16-10-11-19-20(13-16)27-24(26-19)33-15-22(29)28(2)21-9-5-4-8-18(21)23(30)25-14-17-7-6-12-32-17/h4-13H,3,14-15H2,1-2H3,(H,25,30)(H,26,27). The van der Waals surface area contributed by atoms with Crippen LogP contribution in [0.25, 0.3) is 11.0 Å². The first-order valence-electron chi connectivity index (χ1n) is 10.5. The van der Waals surface area contributed by atoms with E-state index in [-0.39, 0.29) is 24.1 Å². The lowest BCUT2D eigenvalue weighted by molar-refractivity contribution is -0.115. The van der Waals surface area contributed by atoms with Crippen molar-refractivity contribution < 1.29 is 18.7 Å². The fourth-order valence-electron chi connectivity index (χ4n) is 3.29. The second kappa shape index (κ2) is 10.3. The number of benzene rings is 2. The maximum atomic E-state index is 12.9. The molecule has 0 spiro atoms. The molecule has 2 heterocycles. The smallest absolute Gasteiger partial charge is 0.253 e. The summed E-state index contributed by atoms with van der Waals surface area (Å²) in [5, 5.41) is 3.46. The third kappa shape index (κ3) is 5.38. The predicted octanol–water partition coefficient (Wildman–Crippen LogP) is 4.24. The Bertz CT molecular complexity index is 1250. The molecule has 2 aromatic heterocycles. The van der Waals surface area contributed by atoms with Crippen LogP contribution in [0.2, 0.25) is 0 Å². The average Bonchev–Trinajstić information content (AvgIpc) is 3.50. The lowest BCUT2D eigenvalue weighted by atomic mass is 10.1. The minimum absolute atomic E-state index is 0.151. The summed E-state index contributed by atoms with van der Waals surface area (Å²) in [6, 6.07) is 16.2. The number of H-pyrrole nitrogens is 1. The van der Waals surface area contributed by atoms with E-state index in [0.29, 0.717) is 28.8 Å². The highest BCUT2D eigenvalue weighted by atomic mass is 32.2. The number of fused-ring (bicyclic) bond motifs is 1. The van der Waals surface area contributed by atoms with Crippen LogP contribution in [0.5, 0.6) is 5.75 Å². The van der Waals surface area contributed by atoms with Gasteiger partial charge >= 0.3 is 0 Å². The molecule has 0 bridgehead atoms. The molecule has 0 atom stereocenters. The number of imidazole rings is 1. The molecule has 9 heteroatoms. The Labute approximate surface area is 195 Å². The molecule has 4 rings (SSSR count). The molecular formula is C24H24N4O4S. The number of anilines is 1. The summed E-state index contributed by atoms with van der Waals surface area (Å²) in [7, 11) is 1.66. The van der Waals surface area contributed by atoms with E-state index in [1.807, 2.05) is 25.1 Å². The third-order valence-corrected chi connectivity index (χ3v) is 5.82. The van der Waals surface area contributed by atoms with Crippen LogP contribution in [-0.2, 0) is 11.3 Å². The van der Waals surface area contributed by atoms with Gasteiger partial charge in [-0.05, 0) is 43.3 Å². The van der Waals surface area contributed by atoms with Crippen molar-refractivity contribution in [2.75, 3.05) is 24.3 Å². The molecule has 0 aliphatic heterocycles. The van der Waals surface area contributed by atoms with Crippen LogP contribution in [0.1, 0.15) is 23.0 Å². The number of nitrogens with zero attached hydrogens (tertiary/aromatic N) is 2. The van der Waals surface area contributed by atoms with Crippen LogP contribution >= 0.6 is 11.8 Å². The Balaban J connectivity index is 1.41. The summed E-state index contributed by atoms with van der Waals surface area (Å²) in [5.74, 6) is 1.15. The number of rotatable bonds is 9. The quantitative estimate of drug-likeness (QED) is 0.360. The summed E-state index contributed by atoms with van der Waals surface area (Å²) >= 11 is 1.31. The van der Waals surface area contributed by atoms with Gasteiger partial charge in [0.25, 0.3) is 5.91 Å². The van der Waals surface area contributed by atoms with Gasteiger partial charge in [0.1, 0.15) is 11.5 Å². The molecular weight excluding hydrogens is 440 g/mol. The number of hydrogen-bond acceptors (Lipinski definition) is 6. The Morgan fingerprint density at radius 1 is 1.18 bits per heavy atom. The van der Waals surface area contributed by atoms with Crippen LogP contribution in [-0.4, -0.2) is 41.2 Å². The summed E-state index contributed by atoms with van der Waals surface area (Å²) in [6.45, 7) is 2.79. The molecule has 8 nitrogen and oxygen atoms in total. The fourth-order valence-corrected chi connectivity index (χ4v) is 4.08. The highest BCUT2D eigenvalue weighted by Crippen LogP contribution is 2.25. The molecule has 33 heavy (non-hydrogen) atoms. The number of furan rings is 1. The van der Waals surface area contributed by atoms with Crippen molar-refractivity contribution >= 4 is 40.3 Å². The van der Waals surface area contributed by atoms with E-state index in [1.54, 1.807) is 49.7 Å². The molecule has 170 valence electrons. The number of para-hydroxylation sites is 1. The van der Waals surface area contributed by atoms with Crippen molar-refractivity contribution in [3.8, 4) is 5.75 Å². The molecule has 0 radical (unpaired) electrons. The van der Waals surface area contributed by atoms with E-state index in [4.69, 9.17) is 9.15 Å². The van der Waals surface area contributed by atoms with E-state index in [1.165, 1.54) is 16.7 Å². The first-order chi connectivity index (χ1) is 16.0. The topological polar surface area (TPSA) is 100 Å². The zero-order valence-corrected chi connectivity index (χ0v) is 19.1. The molecule has 0 aliphatic rings. The molecule has 2 amide bonds. The van der Waals surface area contributed by atoms with E-state index in [2.05, 4.69) is 15.3 Å². The van der Waals surface area contributed by atoms with Crippen molar-refractivity contribution in [3.05, 3.63) is 72.2 Å². The monoisotopic (exact) mass is 464 g/mol. The molecule has 0 saturated carbocycles. The van der Waals surface area contributed by atoms with Gasteiger partial charge in [0.15, 0.2) is 5.16 Å². The van der Waals surface area contributed by atoms with Gasteiger partial charge in [-0.2, -0.15) is 0 Å². The van der Waals surface area contributed by atoms with E-state index in [0.717, 1.165) is 16.8 Å². The van der Waals surface area contributed by atoms with Crippen LogP contribution in [0.15, 0.2) is 70.4 Å². The molecule has 0 saturated heterocycles. The number of nitrogens with one attached hydrogen (secondary N) is 2. The summed E-state index contributed by atoms with van der Waals surface area (Å²) in [4.78, 5) is 34.8. The summed E-state index contributed by atoms with van der Waals surface area (Å²) in [6.07, 6.45) is 1.56. The minimum Gasteiger partial charge on any atom is -0.494 e. The Morgan fingerprint density at radius 3 is 2.82 bits per heavy atom. The zero-order valence-electron chi connectivity index (χ0n) is 18.3. The van der Waals surface area contributed by atoms with Crippen LogP contribution in [0.3, 0.4) is 0 Å². The lowest BCUT2D eigenvalue weighted by Crippen LogP contribution is -2.31. The molecule has 0 aliphatic carbocycles. The van der Waals surface area contributed by atoms with Gasteiger partial charge in [-0.15, -0.1) is 0 Å². The number of ether oxygens (including phenoxy) is 1. The number of hydrogen-bond donors (Lipinski definition) is 2. The molecule has 2 aromatic carbocycles. The SMILES string of the molecule is CCOc1ccc2nc(SCC(=O)N(C)c3ccccc3C(=O)NCc3ccco3)[nH]c2c1. The zero-order chi connectivity index (χ0) is 23.2. The van der Waals surface area contributed by atoms with Gasteiger partial charge < -0.3 is 24.4 Å². The van der Waals surface area contributed by atoms with Crippen LogP contribution in [0.4, 0.5) is 5.69 Å². The number of carbonyl (C=O) groups excluding carboxylic acids is 2. The molecule has 0 fully saturated rings. The van der Waals surface area contributed by atoms with E-state index >= 15 is 0 Å². The van der Waals surface area contributed by atoms with Crippen molar-refractivity contribution in [1.82, 2.24) is 15.3 Å². The van der Waals surface area contributed by atoms with Gasteiger partial charge in [0.05, 0.1) is 47.5 Å². The fraction of sp³-hybridized carbons (Fsp3) is 0.208. The number of thioether (sulfide) groups is 1. The van der Waals surface area contributed by atoms with Crippen LogP contribution < -0.4 is 15.0 Å². The third-order valence-electron chi connectivity index (χ3n) is 4.96. The maximum absolute atomic E-state index is 12.9. The summed E-state index contributed by atoms with van der Waals surface area (Å²) < 4.78 is 10.8. The largest absolute Gasteiger partial charge is 0.494 e. The predicted molar refractivity (Wildman–Crippen MR) is 128 cm³/mol. The first kappa shape index (κ1) is 22.5. The first-order valence-corrected chi connectivity index (χ1v) is 11.4. The Kier molecular flexibility index (Phi) is 6.99. The minimum atomic E-state index is -0.281. The number of carbonyl (C=O) groups is 2. The van der Waals surface area contributed by atoms with Gasteiger partial charge in [-0.1, -0.05) is 23.9 Å². The Morgan fingerprint density at radius 2 is 2.03 bits per heavy atom. The number of aromatic amines is 1. The van der Waals surface area contributed by atoms with Crippen molar-refractivity contribution in [3.63, 3.8) is 0 Å². The second-order valence-corrected chi connectivity index (χ2v) is 8.14. The van der Waals surface area contributed by atoms with Crippen molar-refractivity contribution in [2.45, 2.75) is 18.6 Å². The Hall–Kier alpha value is -3.72. The van der Waals surface area contributed by atoms with Gasteiger partial charge in [-0.3, -0.25) is 9.59 Å². The lowest BCUT2D eigenvalue weighted by Gasteiger charge is -2.20. The molecule has 0 unspecified atom stereocenters.